The van der Waals surface area contributed by atoms with Gasteiger partial charge in [0.2, 0.25) is 17.1 Å². The van der Waals surface area contributed by atoms with Gasteiger partial charge in [-0.3, -0.25) is 0 Å². The van der Waals surface area contributed by atoms with Crippen molar-refractivity contribution in [3.8, 4) is 0 Å². The lowest BCUT2D eigenvalue weighted by Gasteiger charge is -2.27. The summed E-state index contributed by atoms with van der Waals surface area (Å²) in [6.45, 7) is 20.4. The number of benzene rings is 4. The second-order valence-corrected chi connectivity index (χ2v) is 15.5. The summed E-state index contributed by atoms with van der Waals surface area (Å²) in [5, 5.41) is 0. The number of allylic oxidation sites excluding steroid dienone is 8. The van der Waals surface area contributed by atoms with Gasteiger partial charge in [-0.15, -0.1) is 0 Å². The summed E-state index contributed by atoms with van der Waals surface area (Å²) in [6, 6.07) is 35.7. The molecule has 0 atom stereocenters. The SMILES string of the molecule is CCN1C(=CC=C2CCCC(=CC=C3N(CC)c4ccc(C)cc4C3(C)C)C2=[N+](c2ccccc2)c2ccccc2)C(C)(C)c2cc(C)ccc21. The third-order valence-corrected chi connectivity index (χ3v) is 11.4. The first-order chi connectivity index (χ1) is 24.6. The molecule has 0 spiro atoms. The second-order valence-electron chi connectivity index (χ2n) is 15.5. The lowest BCUT2D eigenvalue weighted by Crippen LogP contribution is -2.27. The molecule has 0 radical (unpaired) electrons. The van der Waals surface area contributed by atoms with Crippen LogP contribution in [0.5, 0.6) is 0 Å². The van der Waals surface area contributed by atoms with Crippen LogP contribution in [-0.2, 0) is 10.8 Å². The number of fused-ring (bicyclic) bond motifs is 2. The van der Waals surface area contributed by atoms with Crippen LogP contribution < -0.4 is 14.4 Å². The highest BCUT2D eigenvalue weighted by molar-refractivity contribution is 6.16. The van der Waals surface area contributed by atoms with Crippen LogP contribution in [0.25, 0.3) is 0 Å². The zero-order valence-corrected chi connectivity index (χ0v) is 31.9. The molecule has 0 N–H and O–H groups in total. The van der Waals surface area contributed by atoms with Gasteiger partial charge in [0.25, 0.3) is 0 Å². The second kappa shape index (κ2) is 13.7. The highest BCUT2D eigenvalue weighted by Gasteiger charge is 2.41. The van der Waals surface area contributed by atoms with Crippen molar-refractivity contribution in [3.05, 3.63) is 166 Å². The van der Waals surface area contributed by atoms with E-state index in [-0.39, 0.29) is 10.8 Å². The molecule has 2 heterocycles. The first-order valence-corrected chi connectivity index (χ1v) is 18.9. The molecule has 0 bridgehead atoms. The number of nitrogens with zero attached hydrogens (tertiary/aromatic N) is 3. The van der Waals surface area contributed by atoms with Crippen molar-refractivity contribution in [2.75, 3.05) is 22.9 Å². The largest absolute Gasteiger partial charge is 0.344 e. The van der Waals surface area contributed by atoms with E-state index in [4.69, 9.17) is 0 Å². The van der Waals surface area contributed by atoms with E-state index in [0.29, 0.717) is 0 Å². The molecule has 7 rings (SSSR count). The Balaban J connectivity index is 1.44. The number of aryl methyl sites for hydroxylation is 2. The number of para-hydroxylation sites is 2. The normalized spacial score (nSPS) is 20.8. The summed E-state index contributed by atoms with van der Waals surface area (Å²) in [4.78, 5) is 5.03. The van der Waals surface area contributed by atoms with Crippen molar-refractivity contribution in [1.82, 2.24) is 4.58 Å². The van der Waals surface area contributed by atoms with Crippen LogP contribution in [0.2, 0.25) is 0 Å². The van der Waals surface area contributed by atoms with Gasteiger partial charge < -0.3 is 9.80 Å². The zero-order valence-electron chi connectivity index (χ0n) is 31.9. The number of hydrogen-bond acceptors (Lipinski definition) is 2. The van der Waals surface area contributed by atoms with Crippen LogP contribution in [-0.4, -0.2) is 18.8 Å². The van der Waals surface area contributed by atoms with Gasteiger partial charge in [0.15, 0.2) is 0 Å². The maximum absolute atomic E-state index is 2.52. The number of likely N-dealkylation sites (N-methyl/N-ethyl adjacent to an activating group) is 2. The van der Waals surface area contributed by atoms with Gasteiger partial charge in [-0.25, -0.2) is 0 Å². The fourth-order valence-electron chi connectivity index (χ4n) is 8.70. The molecule has 4 aromatic carbocycles. The third-order valence-electron chi connectivity index (χ3n) is 11.4. The fourth-order valence-corrected chi connectivity index (χ4v) is 8.70. The minimum Gasteiger partial charge on any atom is -0.344 e. The van der Waals surface area contributed by atoms with Gasteiger partial charge in [0.05, 0.1) is 0 Å². The van der Waals surface area contributed by atoms with Gasteiger partial charge in [-0.2, -0.15) is 4.58 Å². The molecule has 3 nitrogen and oxygen atoms in total. The zero-order chi connectivity index (χ0) is 35.9. The molecule has 1 aliphatic carbocycles. The molecule has 3 aliphatic rings. The van der Waals surface area contributed by atoms with Crippen molar-refractivity contribution >= 4 is 28.5 Å². The minimum absolute atomic E-state index is 0.0874. The molecule has 260 valence electrons. The number of rotatable bonds is 6. The molecular weight excluding hydrogens is 619 g/mol. The Bertz CT molecular complexity index is 1960. The van der Waals surface area contributed by atoms with Crippen molar-refractivity contribution in [2.45, 2.75) is 85.5 Å². The summed E-state index contributed by atoms with van der Waals surface area (Å²) < 4.78 is 2.50. The van der Waals surface area contributed by atoms with Crippen LogP contribution in [0, 0.1) is 13.8 Å². The smallest absolute Gasteiger partial charge is 0.218 e. The third kappa shape index (κ3) is 6.11. The summed E-state index contributed by atoms with van der Waals surface area (Å²) in [6.07, 6.45) is 12.9. The van der Waals surface area contributed by atoms with E-state index < -0.39 is 0 Å². The van der Waals surface area contributed by atoms with Gasteiger partial charge in [-0.1, -0.05) is 112 Å². The molecule has 2 aliphatic heterocycles. The van der Waals surface area contributed by atoms with Crippen LogP contribution >= 0.6 is 0 Å². The summed E-state index contributed by atoms with van der Waals surface area (Å²) in [5.74, 6) is 0. The molecule has 1 fully saturated rings. The van der Waals surface area contributed by atoms with E-state index in [1.54, 1.807) is 0 Å². The van der Waals surface area contributed by atoms with Crippen molar-refractivity contribution in [2.24, 2.45) is 0 Å². The molecule has 0 amide bonds. The average molecular weight is 673 g/mol. The molecule has 0 aromatic heterocycles. The maximum Gasteiger partial charge on any atom is 0.218 e. The van der Waals surface area contributed by atoms with E-state index in [0.717, 1.165) is 32.4 Å². The maximum atomic E-state index is 2.52. The van der Waals surface area contributed by atoms with Crippen molar-refractivity contribution < 1.29 is 0 Å². The van der Waals surface area contributed by atoms with Gasteiger partial charge >= 0.3 is 0 Å². The van der Waals surface area contributed by atoms with E-state index in [2.05, 4.69) is 191 Å². The van der Waals surface area contributed by atoms with E-state index in [1.165, 1.54) is 73.3 Å². The predicted octanol–water partition coefficient (Wildman–Crippen LogP) is 12.0. The van der Waals surface area contributed by atoms with Crippen LogP contribution in [0.1, 0.15) is 83.1 Å². The Hall–Kier alpha value is -4.89. The summed E-state index contributed by atoms with van der Waals surface area (Å²) >= 11 is 0. The molecule has 3 heteroatoms. The van der Waals surface area contributed by atoms with Gasteiger partial charge in [0, 0.05) is 82.1 Å². The van der Waals surface area contributed by atoms with E-state index in [9.17, 15) is 0 Å². The van der Waals surface area contributed by atoms with Gasteiger partial charge in [0.1, 0.15) is 0 Å². The first kappa shape index (κ1) is 34.6. The Kier molecular flexibility index (Phi) is 9.27. The van der Waals surface area contributed by atoms with Crippen molar-refractivity contribution in [1.29, 1.82) is 0 Å². The number of hydrogen-bond donors (Lipinski definition) is 0. The Morgan fingerprint density at radius 2 is 0.980 bits per heavy atom. The molecule has 51 heavy (non-hydrogen) atoms. The van der Waals surface area contributed by atoms with Crippen LogP contribution in [0.4, 0.5) is 22.7 Å². The quantitative estimate of drug-likeness (QED) is 0.189. The van der Waals surface area contributed by atoms with Crippen LogP contribution in [0.3, 0.4) is 0 Å². The highest BCUT2D eigenvalue weighted by Crippen LogP contribution is 2.49. The Labute approximate surface area is 306 Å². The molecule has 1 saturated carbocycles. The number of anilines is 2. The lowest BCUT2D eigenvalue weighted by molar-refractivity contribution is 0.633. The highest BCUT2D eigenvalue weighted by atomic mass is 15.2. The Morgan fingerprint density at radius 1 is 0.569 bits per heavy atom. The van der Waals surface area contributed by atoms with E-state index >= 15 is 0 Å². The fraction of sp³-hybridized carbons (Fsp3) is 0.312. The topological polar surface area (TPSA) is 9.49 Å². The summed E-state index contributed by atoms with van der Waals surface area (Å²) in [7, 11) is 0. The molecule has 0 unspecified atom stereocenters. The first-order valence-electron chi connectivity index (χ1n) is 18.9. The van der Waals surface area contributed by atoms with Gasteiger partial charge in [-0.05, 0) is 82.4 Å². The monoisotopic (exact) mass is 672 g/mol. The van der Waals surface area contributed by atoms with Crippen LogP contribution in [0.15, 0.2) is 144 Å². The van der Waals surface area contributed by atoms with E-state index in [1.807, 2.05) is 0 Å². The molecule has 0 saturated heterocycles. The molecular formula is C48H54N3+. The minimum atomic E-state index is -0.0874. The van der Waals surface area contributed by atoms with Crippen molar-refractivity contribution in [3.63, 3.8) is 0 Å². The molecule has 4 aromatic rings. The lowest BCUT2D eigenvalue weighted by atomic mass is 9.81. The average Bonchev–Trinajstić information content (AvgIpc) is 3.48. The Morgan fingerprint density at radius 3 is 1.37 bits per heavy atom. The standard InChI is InChI=1S/C48H54N3/c1-9-49-42-28-24-34(3)32-40(42)47(5,6)44(49)30-26-36-18-17-19-37(46(36)51(38-20-13-11-14-21-38)39-22-15-12-16-23-39)27-31-45-48(7,8)41-33-35(4)25-29-43(41)50(45)10-2/h11-16,20-33H,9-10,17-19H2,1-8H3/q+1. The summed E-state index contributed by atoms with van der Waals surface area (Å²) in [5.41, 5.74) is 17.1. The predicted molar refractivity (Wildman–Crippen MR) is 220 cm³/mol.